The van der Waals surface area contributed by atoms with Gasteiger partial charge in [-0.25, -0.2) is 4.90 Å². The second-order valence-electron chi connectivity index (χ2n) is 10.2. The molecule has 0 saturated carbocycles. The number of imide groups is 1. The van der Waals surface area contributed by atoms with Crippen LogP contribution >= 0.6 is 0 Å². The number of non-ortho nitro benzene ring substituents is 1. The van der Waals surface area contributed by atoms with Crippen LogP contribution in [0.15, 0.2) is 48.5 Å². The van der Waals surface area contributed by atoms with Crippen LogP contribution in [0.3, 0.4) is 0 Å². The highest BCUT2D eigenvalue weighted by Crippen LogP contribution is 2.50. The number of fused-ring (bicyclic) bond motifs is 5. The van der Waals surface area contributed by atoms with E-state index >= 15 is 0 Å². The second-order valence-corrected chi connectivity index (χ2v) is 10.2. The fourth-order valence-corrected chi connectivity index (χ4v) is 5.50. The summed E-state index contributed by atoms with van der Waals surface area (Å²) in [7, 11) is 0. The van der Waals surface area contributed by atoms with Crippen molar-refractivity contribution < 1.29 is 19.3 Å². The van der Waals surface area contributed by atoms with Crippen molar-refractivity contribution in [3.05, 3.63) is 69.8 Å². The molecule has 3 aliphatic rings. The number of rotatable bonds is 3. The molecule has 3 heterocycles. The highest BCUT2D eigenvalue weighted by molar-refractivity contribution is 6.25. The molecule has 2 amide bonds. The van der Waals surface area contributed by atoms with Crippen LogP contribution in [0.1, 0.15) is 31.9 Å². The number of anilines is 2. The van der Waals surface area contributed by atoms with Crippen LogP contribution in [-0.2, 0) is 14.4 Å². The number of para-hydroxylation sites is 1. The van der Waals surface area contributed by atoms with E-state index in [1.807, 2.05) is 62.1 Å². The third-order valence-corrected chi connectivity index (χ3v) is 7.05. The van der Waals surface area contributed by atoms with Gasteiger partial charge in [-0.1, -0.05) is 51.1 Å². The van der Waals surface area contributed by atoms with Gasteiger partial charge in [0.05, 0.1) is 28.5 Å². The fourth-order valence-electron chi connectivity index (χ4n) is 5.50. The van der Waals surface area contributed by atoms with Crippen molar-refractivity contribution >= 4 is 40.7 Å². The minimum Gasteiger partial charge on any atom is -0.353 e. The SMILES string of the molecule is Cc1cc([N+](=O)[O-])ccc1N1C(=O)[C@@H]2[C@H](C1=O)[C@@H](C(=O)C(C)(C)C)N1c3ccccc3C=C[C@H]21. The lowest BCUT2D eigenvalue weighted by Gasteiger charge is -2.38. The predicted molar refractivity (Wildman–Crippen MR) is 127 cm³/mol. The Labute approximate surface area is 197 Å². The topological polar surface area (TPSA) is 101 Å². The van der Waals surface area contributed by atoms with Crippen molar-refractivity contribution in [3.63, 3.8) is 0 Å². The molecule has 2 fully saturated rings. The molecule has 2 aromatic carbocycles. The van der Waals surface area contributed by atoms with E-state index in [0.717, 1.165) is 16.2 Å². The Morgan fingerprint density at radius 3 is 2.32 bits per heavy atom. The molecule has 0 aliphatic carbocycles. The molecular formula is C26H25N3O5. The van der Waals surface area contributed by atoms with Crippen molar-refractivity contribution in [2.45, 2.75) is 39.8 Å². The zero-order valence-corrected chi connectivity index (χ0v) is 19.4. The first-order valence-electron chi connectivity index (χ1n) is 11.2. The number of carbonyl (C=O) groups excluding carboxylic acids is 3. The van der Waals surface area contributed by atoms with Crippen LogP contribution < -0.4 is 9.80 Å². The first-order valence-corrected chi connectivity index (χ1v) is 11.2. The van der Waals surface area contributed by atoms with Crippen molar-refractivity contribution in [1.29, 1.82) is 0 Å². The molecule has 0 unspecified atom stereocenters. The van der Waals surface area contributed by atoms with Crippen molar-refractivity contribution in [3.8, 4) is 0 Å². The second kappa shape index (κ2) is 7.35. The Hall–Kier alpha value is -3.81. The van der Waals surface area contributed by atoms with Crippen LogP contribution in [0, 0.1) is 34.3 Å². The quantitative estimate of drug-likeness (QED) is 0.392. The maximum absolute atomic E-state index is 13.8. The number of hydrogen-bond acceptors (Lipinski definition) is 6. The average molecular weight is 460 g/mol. The number of nitrogens with zero attached hydrogens (tertiary/aromatic N) is 3. The predicted octanol–water partition coefficient (Wildman–Crippen LogP) is 3.91. The number of carbonyl (C=O) groups is 3. The number of nitro benzene ring substituents is 1. The molecule has 0 bridgehead atoms. The summed E-state index contributed by atoms with van der Waals surface area (Å²) < 4.78 is 0. The lowest BCUT2D eigenvalue weighted by atomic mass is 9.79. The minimum absolute atomic E-state index is 0.0986. The molecule has 8 heteroatoms. The maximum atomic E-state index is 13.8. The average Bonchev–Trinajstić information content (AvgIpc) is 3.25. The van der Waals surface area contributed by atoms with Gasteiger partial charge in [0.1, 0.15) is 6.04 Å². The summed E-state index contributed by atoms with van der Waals surface area (Å²) in [5.74, 6) is -2.47. The maximum Gasteiger partial charge on any atom is 0.269 e. The smallest absolute Gasteiger partial charge is 0.269 e. The lowest BCUT2D eigenvalue weighted by Crippen LogP contribution is -2.51. The Morgan fingerprint density at radius 1 is 1.00 bits per heavy atom. The zero-order valence-electron chi connectivity index (χ0n) is 19.4. The highest BCUT2D eigenvalue weighted by Gasteiger charge is 2.65. The van der Waals surface area contributed by atoms with Crippen LogP contribution in [-0.4, -0.2) is 34.6 Å². The van der Waals surface area contributed by atoms with Crippen molar-refractivity contribution in [2.24, 2.45) is 17.3 Å². The van der Waals surface area contributed by atoms with E-state index in [-0.39, 0.29) is 17.4 Å². The van der Waals surface area contributed by atoms with E-state index in [4.69, 9.17) is 0 Å². The van der Waals surface area contributed by atoms with E-state index in [2.05, 4.69) is 0 Å². The molecule has 2 saturated heterocycles. The first kappa shape index (κ1) is 22.0. The van der Waals surface area contributed by atoms with Crippen LogP contribution in [0.25, 0.3) is 6.08 Å². The summed E-state index contributed by atoms with van der Waals surface area (Å²) in [5, 5.41) is 11.2. The lowest BCUT2D eigenvalue weighted by molar-refractivity contribution is -0.384. The van der Waals surface area contributed by atoms with E-state index in [1.165, 1.54) is 18.2 Å². The Morgan fingerprint density at radius 2 is 1.68 bits per heavy atom. The Bertz CT molecular complexity index is 1290. The van der Waals surface area contributed by atoms with E-state index in [1.54, 1.807) is 6.92 Å². The van der Waals surface area contributed by atoms with Gasteiger partial charge in [0.25, 0.3) is 5.69 Å². The van der Waals surface area contributed by atoms with Gasteiger partial charge in [-0.3, -0.25) is 24.5 Å². The number of hydrogen-bond donors (Lipinski definition) is 0. The molecule has 34 heavy (non-hydrogen) atoms. The Balaban J connectivity index is 1.64. The van der Waals surface area contributed by atoms with Gasteiger partial charge in [0.2, 0.25) is 11.8 Å². The van der Waals surface area contributed by atoms with E-state index in [0.29, 0.717) is 11.3 Å². The minimum atomic E-state index is -0.838. The molecule has 5 rings (SSSR count). The summed E-state index contributed by atoms with van der Waals surface area (Å²) in [6, 6.07) is 10.5. The number of benzene rings is 2. The number of amides is 2. The summed E-state index contributed by atoms with van der Waals surface area (Å²) in [4.78, 5) is 55.0. The number of aryl methyl sites for hydroxylation is 1. The Kier molecular flexibility index (Phi) is 4.76. The molecule has 3 aliphatic heterocycles. The highest BCUT2D eigenvalue weighted by atomic mass is 16.6. The summed E-state index contributed by atoms with van der Waals surface area (Å²) in [6.07, 6.45) is 3.85. The van der Waals surface area contributed by atoms with Crippen LogP contribution in [0.2, 0.25) is 0 Å². The molecular weight excluding hydrogens is 434 g/mol. The zero-order chi connectivity index (χ0) is 24.5. The first-order chi connectivity index (χ1) is 16.0. The van der Waals surface area contributed by atoms with Crippen LogP contribution in [0.4, 0.5) is 17.1 Å². The van der Waals surface area contributed by atoms with Crippen LogP contribution in [0.5, 0.6) is 0 Å². The molecule has 174 valence electrons. The molecule has 0 radical (unpaired) electrons. The van der Waals surface area contributed by atoms with Gasteiger partial charge in [-0.15, -0.1) is 0 Å². The number of Topliss-reactive ketones (excluding diaryl/α,β-unsaturated/α-hetero) is 1. The molecule has 8 nitrogen and oxygen atoms in total. The number of ketones is 1. The van der Waals surface area contributed by atoms with Crippen molar-refractivity contribution in [1.82, 2.24) is 0 Å². The molecule has 0 N–H and O–H groups in total. The molecule has 0 aromatic heterocycles. The summed E-state index contributed by atoms with van der Waals surface area (Å²) >= 11 is 0. The molecule has 0 spiro atoms. The largest absolute Gasteiger partial charge is 0.353 e. The molecule has 4 atom stereocenters. The van der Waals surface area contributed by atoms with Gasteiger partial charge in [0, 0.05) is 23.2 Å². The number of nitro groups is 1. The monoisotopic (exact) mass is 459 g/mol. The van der Waals surface area contributed by atoms with Crippen molar-refractivity contribution in [2.75, 3.05) is 9.80 Å². The van der Waals surface area contributed by atoms with Gasteiger partial charge >= 0.3 is 0 Å². The third kappa shape index (κ3) is 3.01. The summed E-state index contributed by atoms with van der Waals surface area (Å²) in [5.41, 5.74) is 1.72. The van der Waals surface area contributed by atoms with Gasteiger partial charge in [-0.2, -0.15) is 0 Å². The van der Waals surface area contributed by atoms with E-state index in [9.17, 15) is 24.5 Å². The van der Waals surface area contributed by atoms with E-state index < -0.39 is 40.2 Å². The standard InChI is InChI=1S/C26H25N3O5/c1-14-13-16(29(33)34)10-12-17(14)28-24(31)20-19-11-9-15-7-5-6-8-18(15)27(19)22(21(20)25(28)32)23(30)26(2,3)4/h5-13,19-22H,1-4H3/t19-,20+,21+,22+/m1/s1. The van der Waals surface area contributed by atoms with Gasteiger partial charge in [-0.05, 0) is 30.2 Å². The normalized spacial score (nSPS) is 25.3. The molecule has 2 aromatic rings. The third-order valence-electron chi connectivity index (χ3n) is 7.05. The fraction of sp³-hybridized carbons (Fsp3) is 0.346. The van der Waals surface area contributed by atoms with Gasteiger partial charge < -0.3 is 4.90 Å². The van der Waals surface area contributed by atoms with Gasteiger partial charge in [0.15, 0.2) is 5.78 Å². The summed E-state index contributed by atoms with van der Waals surface area (Å²) in [6.45, 7) is 7.10.